The van der Waals surface area contributed by atoms with E-state index in [2.05, 4.69) is 10.6 Å². The summed E-state index contributed by atoms with van der Waals surface area (Å²) >= 11 is 0. The van der Waals surface area contributed by atoms with Gasteiger partial charge in [0, 0.05) is 13.3 Å². The summed E-state index contributed by atoms with van der Waals surface area (Å²) in [5, 5.41) is 5.17. The van der Waals surface area contributed by atoms with Crippen molar-refractivity contribution in [3.63, 3.8) is 0 Å². The van der Waals surface area contributed by atoms with Crippen molar-refractivity contribution in [1.29, 1.82) is 0 Å². The quantitative estimate of drug-likeness (QED) is 0.568. The van der Waals surface area contributed by atoms with E-state index in [0.29, 0.717) is 18.4 Å². The van der Waals surface area contributed by atoms with E-state index in [1.807, 2.05) is 30.3 Å². The minimum Gasteiger partial charge on any atom is -0.368 e. The summed E-state index contributed by atoms with van der Waals surface area (Å²) in [4.78, 5) is 36.0. The van der Waals surface area contributed by atoms with E-state index in [0.717, 1.165) is 12.0 Å². The van der Waals surface area contributed by atoms with Gasteiger partial charge in [-0.05, 0) is 42.5 Å². The van der Waals surface area contributed by atoms with Crippen molar-refractivity contribution in [2.45, 2.75) is 44.7 Å². The Bertz CT molecular complexity index is 842. The third kappa shape index (κ3) is 7.73. The molecule has 0 fully saturated rings. The molecule has 0 radical (unpaired) electrons. The lowest BCUT2D eigenvalue weighted by Gasteiger charge is -2.21. The Morgan fingerprint density at radius 2 is 1.66 bits per heavy atom. The first-order valence-corrected chi connectivity index (χ1v) is 9.50. The number of benzene rings is 2. The molecule has 2 rings (SSSR count). The van der Waals surface area contributed by atoms with Gasteiger partial charge in [0.2, 0.25) is 17.7 Å². The van der Waals surface area contributed by atoms with Gasteiger partial charge in [0.15, 0.2) is 0 Å². The fourth-order valence-corrected chi connectivity index (χ4v) is 3.07. The predicted octanol–water partition coefficient (Wildman–Crippen LogP) is 1.87. The van der Waals surface area contributed by atoms with Gasteiger partial charge in [-0.1, -0.05) is 42.5 Å². The molecule has 0 saturated heterocycles. The van der Waals surface area contributed by atoms with Crippen LogP contribution in [0.5, 0.6) is 0 Å². The summed E-state index contributed by atoms with van der Waals surface area (Å²) in [5.41, 5.74) is 7.13. The zero-order chi connectivity index (χ0) is 21.2. The number of hydrogen-bond donors (Lipinski definition) is 3. The molecule has 0 saturated carbocycles. The number of primary amides is 1. The molecular weight excluding hydrogens is 373 g/mol. The van der Waals surface area contributed by atoms with Crippen molar-refractivity contribution in [2.24, 2.45) is 5.73 Å². The SMILES string of the molecule is CC(=O)N[C@@H](Cc1cccc(F)c1)C(=O)N[C@@H](CCCc1ccccc1)C(N)=O. The van der Waals surface area contributed by atoms with E-state index in [1.54, 1.807) is 6.07 Å². The fourth-order valence-electron chi connectivity index (χ4n) is 3.07. The number of nitrogens with two attached hydrogens (primary N) is 1. The van der Waals surface area contributed by atoms with Crippen LogP contribution in [0.2, 0.25) is 0 Å². The summed E-state index contributed by atoms with van der Waals surface area (Å²) in [7, 11) is 0. The largest absolute Gasteiger partial charge is 0.368 e. The van der Waals surface area contributed by atoms with Crippen LogP contribution in [0.25, 0.3) is 0 Å². The molecule has 29 heavy (non-hydrogen) atoms. The highest BCUT2D eigenvalue weighted by molar-refractivity contribution is 5.91. The maximum absolute atomic E-state index is 13.4. The number of nitrogens with one attached hydrogen (secondary N) is 2. The first-order valence-electron chi connectivity index (χ1n) is 9.50. The van der Waals surface area contributed by atoms with Crippen LogP contribution in [0.1, 0.15) is 30.9 Å². The minimum atomic E-state index is -0.940. The maximum atomic E-state index is 13.4. The molecule has 0 unspecified atom stereocenters. The monoisotopic (exact) mass is 399 g/mol. The third-order valence-electron chi connectivity index (χ3n) is 4.48. The van der Waals surface area contributed by atoms with E-state index in [1.165, 1.54) is 25.1 Å². The van der Waals surface area contributed by atoms with Crippen LogP contribution >= 0.6 is 0 Å². The summed E-state index contributed by atoms with van der Waals surface area (Å²) < 4.78 is 13.4. The Morgan fingerprint density at radius 1 is 0.966 bits per heavy atom. The summed E-state index contributed by atoms with van der Waals surface area (Å²) in [6, 6.07) is 13.8. The van der Waals surface area contributed by atoms with Gasteiger partial charge in [-0.25, -0.2) is 4.39 Å². The van der Waals surface area contributed by atoms with Crippen molar-refractivity contribution in [3.8, 4) is 0 Å². The smallest absolute Gasteiger partial charge is 0.243 e. The van der Waals surface area contributed by atoms with Gasteiger partial charge < -0.3 is 16.4 Å². The first kappa shape index (κ1) is 22.1. The van der Waals surface area contributed by atoms with E-state index < -0.39 is 35.6 Å². The van der Waals surface area contributed by atoms with E-state index in [9.17, 15) is 18.8 Å². The molecule has 0 aliphatic carbocycles. The van der Waals surface area contributed by atoms with Crippen LogP contribution in [-0.4, -0.2) is 29.8 Å². The van der Waals surface area contributed by atoms with Crippen molar-refractivity contribution in [2.75, 3.05) is 0 Å². The van der Waals surface area contributed by atoms with Gasteiger partial charge in [-0.2, -0.15) is 0 Å². The molecule has 0 aromatic heterocycles. The molecule has 0 aliphatic heterocycles. The zero-order valence-electron chi connectivity index (χ0n) is 16.4. The van der Waals surface area contributed by atoms with Crippen LogP contribution < -0.4 is 16.4 Å². The van der Waals surface area contributed by atoms with Crippen molar-refractivity contribution in [1.82, 2.24) is 10.6 Å². The lowest BCUT2D eigenvalue weighted by molar-refractivity contribution is -0.130. The highest BCUT2D eigenvalue weighted by Crippen LogP contribution is 2.09. The lowest BCUT2D eigenvalue weighted by atomic mass is 10.0. The molecule has 154 valence electrons. The van der Waals surface area contributed by atoms with Crippen molar-refractivity contribution < 1.29 is 18.8 Å². The molecule has 0 heterocycles. The van der Waals surface area contributed by atoms with E-state index >= 15 is 0 Å². The van der Waals surface area contributed by atoms with E-state index in [4.69, 9.17) is 5.73 Å². The molecule has 2 aromatic carbocycles. The Kier molecular flexibility index (Phi) is 8.33. The Labute approximate surface area is 169 Å². The average Bonchev–Trinajstić information content (AvgIpc) is 2.67. The number of carbonyl (C=O) groups excluding carboxylic acids is 3. The molecule has 0 spiro atoms. The summed E-state index contributed by atoms with van der Waals surface area (Å²) in [6.45, 7) is 1.29. The highest BCUT2D eigenvalue weighted by atomic mass is 19.1. The van der Waals surface area contributed by atoms with Crippen molar-refractivity contribution >= 4 is 17.7 Å². The first-order chi connectivity index (χ1) is 13.8. The summed E-state index contributed by atoms with van der Waals surface area (Å²) in [5.74, 6) is -2.01. The molecule has 7 heteroatoms. The third-order valence-corrected chi connectivity index (χ3v) is 4.48. The Hall–Kier alpha value is -3.22. The topological polar surface area (TPSA) is 101 Å². The number of rotatable bonds is 10. The Morgan fingerprint density at radius 3 is 2.28 bits per heavy atom. The highest BCUT2D eigenvalue weighted by Gasteiger charge is 2.25. The zero-order valence-corrected chi connectivity index (χ0v) is 16.4. The normalized spacial score (nSPS) is 12.6. The van der Waals surface area contributed by atoms with Gasteiger partial charge in [0.1, 0.15) is 17.9 Å². The fraction of sp³-hybridized carbons (Fsp3) is 0.318. The van der Waals surface area contributed by atoms with Crippen LogP contribution in [0.15, 0.2) is 54.6 Å². The van der Waals surface area contributed by atoms with Gasteiger partial charge in [-0.3, -0.25) is 14.4 Å². The number of aryl methyl sites for hydroxylation is 1. The van der Waals surface area contributed by atoms with Gasteiger partial charge in [0.25, 0.3) is 0 Å². The molecule has 2 aromatic rings. The number of carbonyl (C=O) groups is 3. The van der Waals surface area contributed by atoms with Crippen LogP contribution in [0.3, 0.4) is 0 Å². The van der Waals surface area contributed by atoms with Gasteiger partial charge in [-0.15, -0.1) is 0 Å². The van der Waals surface area contributed by atoms with E-state index in [-0.39, 0.29) is 6.42 Å². The molecule has 2 atom stereocenters. The van der Waals surface area contributed by atoms with Crippen LogP contribution in [0.4, 0.5) is 4.39 Å². The second-order valence-electron chi connectivity index (χ2n) is 6.93. The minimum absolute atomic E-state index is 0.0959. The standard InChI is InChI=1S/C22H26FN3O3/c1-15(27)25-20(14-17-10-5-11-18(23)13-17)22(29)26-19(21(24)28)12-6-9-16-7-3-2-4-8-16/h2-5,7-8,10-11,13,19-20H,6,9,12,14H2,1H3,(H2,24,28)(H,25,27)(H,26,29)/t19-,20-/m0/s1. The summed E-state index contributed by atoms with van der Waals surface area (Å²) in [6.07, 6.45) is 1.88. The van der Waals surface area contributed by atoms with Gasteiger partial charge >= 0.3 is 0 Å². The second kappa shape index (κ2) is 10.9. The average molecular weight is 399 g/mol. The molecule has 6 nitrogen and oxygen atoms in total. The predicted molar refractivity (Wildman–Crippen MR) is 108 cm³/mol. The lowest BCUT2D eigenvalue weighted by Crippen LogP contribution is -2.53. The number of hydrogen-bond acceptors (Lipinski definition) is 3. The van der Waals surface area contributed by atoms with Crippen LogP contribution in [-0.2, 0) is 27.2 Å². The van der Waals surface area contributed by atoms with Gasteiger partial charge in [0.05, 0.1) is 0 Å². The number of halogens is 1. The van der Waals surface area contributed by atoms with Crippen LogP contribution in [0, 0.1) is 5.82 Å². The Balaban J connectivity index is 1.99. The second-order valence-corrected chi connectivity index (χ2v) is 6.93. The molecular formula is C22H26FN3O3. The maximum Gasteiger partial charge on any atom is 0.243 e. The van der Waals surface area contributed by atoms with Crippen molar-refractivity contribution in [3.05, 3.63) is 71.5 Å². The molecule has 0 aliphatic rings. The molecule has 3 amide bonds. The number of amides is 3. The molecule has 0 bridgehead atoms. The molecule has 4 N–H and O–H groups in total.